The van der Waals surface area contributed by atoms with Crippen LogP contribution < -0.4 is 5.32 Å². The Hall–Kier alpha value is -3.36. The van der Waals surface area contributed by atoms with Crippen molar-refractivity contribution in [2.24, 2.45) is 13.0 Å². The number of aryl methyl sites for hydroxylation is 2. The number of nitrogens with zero attached hydrogens (tertiary/aromatic N) is 4. The second-order valence-electron chi connectivity index (χ2n) is 8.89. The van der Waals surface area contributed by atoms with Crippen LogP contribution in [0.15, 0.2) is 48.8 Å². The van der Waals surface area contributed by atoms with Gasteiger partial charge in [-0.2, -0.15) is 18.3 Å². The summed E-state index contributed by atoms with van der Waals surface area (Å²) in [7, 11) is 1.84. The van der Waals surface area contributed by atoms with Gasteiger partial charge in [0, 0.05) is 43.7 Å². The Balaban J connectivity index is 1.58. The Morgan fingerprint density at radius 1 is 1.21 bits per heavy atom. The van der Waals surface area contributed by atoms with E-state index in [1.54, 1.807) is 10.9 Å². The highest BCUT2D eigenvalue weighted by Crippen LogP contribution is 2.31. The summed E-state index contributed by atoms with van der Waals surface area (Å²) >= 11 is 0. The first-order valence-corrected chi connectivity index (χ1v) is 11.3. The van der Waals surface area contributed by atoms with Gasteiger partial charge >= 0.3 is 6.18 Å². The number of hydrogen-bond acceptors (Lipinski definition) is 4. The van der Waals surface area contributed by atoms with Crippen LogP contribution in [0.3, 0.4) is 0 Å². The molecule has 0 bridgehead atoms. The molecule has 3 heterocycles. The normalized spacial score (nSPS) is 18.7. The van der Waals surface area contributed by atoms with Gasteiger partial charge in [-0.3, -0.25) is 9.48 Å². The van der Waals surface area contributed by atoms with Crippen molar-refractivity contribution in [3.63, 3.8) is 0 Å². The van der Waals surface area contributed by atoms with Gasteiger partial charge in [0.15, 0.2) is 0 Å². The number of carbonyl (C=O) groups is 1. The number of aromatic nitrogens is 3. The molecule has 34 heavy (non-hydrogen) atoms. The van der Waals surface area contributed by atoms with Crippen molar-refractivity contribution in [2.75, 3.05) is 18.4 Å². The molecule has 1 fully saturated rings. The third-order valence-corrected chi connectivity index (χ3v) is 6.46. The Kier molecular flexibility index (Phi) is 6.63. The van der Waals surface area contributed by atoms with Crippen molar-refractivity contribution in [1.29, 1.82) is 0 Å². The number of piperidine rings is 1. The Bertz CT molecular complexity index is 1160. The highest BCUT2D eigenvalue weighted by Gasteiger charge is 2.34. The lowest BCUT2D eigenvalue weighted by Gasteiger charge is -2.40. The maximum Gasteiger partial charge on any atom is 0.417 e. The van der Waals surface area contributed by atoms with Gasteiger partial charge in [0.2, 0.25) is 0 Å². The maximum absolute atomic E-state index is 13.8. The van der Waals surface area contributed by atoms with E-state index in [0.29, 0.717) is 24.5 Å². The molecule has 3 aromatic rings. The zero-order valence-corrected chi connectivity index (χ0v) is 19.4. The summed E-state index contributed by atoms with van der Waals surface area (Å²) in [5.74, 6) is 0.521. The van der Waals surface area contributed by atoms with E-state index in [2.05, 4.69) is 22.3 Å². The number of likely N-dealkylation sites (tertiary alicyclic amines) is 1. The Labute approximate surface area is 196 Å². The van der Waals surface area contributed by atoms with E-state index in [9.17, 15) is 18.0 Å². The van der Waals surface area contributed by atoms with Crippen molar-refractivity contribution in [2.45, 2.75) is 38.9 Å². The zero-order valence-electron chi connectivity index (χ0n) is 19.4. The van der Waals surface area contributed by atoms with Crippen LogP contribution in [0, 0.1) is 12.8 Å². The second kappa shape index (κ2) is 9.48. The number of amides is 1. The number of benzene rings is 1. The largest absolute Gasteiger partial charge is 0.417 e. The Morgan fingerprint density at radius 3 is 2.65 bits per heavy atom. The number of nitrogens with one attached hydrogen (secondary N) is 1. The number of rotatable bonds is 5. The van der Waals surface area contributed by atoms with Gasteiger partial charge in [-0.1, -0.05) is 24.6 Å². The average Bonchev–Trinajstić information content (AvgIpc) is 3.23. The molecule has 1 aliphatic heterocycles. The monoisotopic (exact) mass is 471 g/mol. The molecule has 1 amide bonds. The molecule has 6 nitrogen and oxygen atoms in total. The van der Waals surface area contributed by atoms with Gasteiger partial charge < -0.3 is 10.2 Å². The van der Waals surface area contributed by atoms with E-state index in [1.165, 1.54) is 6.07 Å². The van der Waals surface area contributed by atoms with Crippen molar-refractivity contribution in [3.8, 4) is 11.3 Å². The van der Waals surface area contributed by atoms with Gasteiger partial charge in [-0.05, 0) is 49.9 Å². The summed E-state index contributed by atoms with van der Waals surface area (Å²) < 4.78 is 40.2. The van der Waals surface area contributed by atoms with Crippen molar-refractivity contribution < 1.29 is 18.0 Å². The van der Waals surface area contributed by atoms with Crippen LogP contribution in [-0.2, 0) is 13.2 Å². The summed E-state index contributed by atoms with van der Waals surface area (Å²) in [6, 6.07) is 9.94. The van der Waals surface area contributed by atoms with Gasteiger partial charge in [0.25, 0.3) is 5.91 Å². The highest BCUT2D eigenvalue weighted by molar-refractivity contribution is 6.01. The summed E-state index contributed by atoms with van der Waals surface area (Å²) in [5, 5.41) is 7.38. The van der Waals surface area contributed by atoms with Crippen LogP contribution in [-0.4, -0.2) is 44.7 Å². The van der Waals surface area contributed by atoms with Gasteiger partial charge in [-0.15, -0.1) is 0 Å². The zero-order chi connectivity index (χ0) is 24.5. The minimum atomic E-state index is -4.42. The smallest absolute Gasteiger partial charge is 0.368 e. The van der Waals surface area contributed by atoms with Gasteiger partial charge in [0.05, 0.1) is 17.3 Å². The first-order chi connectivity index (χ1) is 16.1. The summed E-state index contributed by atoms with van der Waals surface area (Å²) in [5.41, 5.74) is 2.50. The molecule has 180 valence electrons. The van der Waals surface area contributed by atoms with E-state index in [1.807, 2.05) is 43.1 Å². The lowest BCUT2D eigenvalue weighted by molar-refractivity contribution is -0.137. The predicted molar refractivity (Wildman–Crippen MR) is 124 cm³/mol. The van der Waals surface area contributed by atoms with Crippen molar-refractivity contribution in [1.82, 2.24) is 19.7 Å². The second-order valence-corrected chi connectivity index (χ2v) is 8.89. The minimum Gasteiger partial charge on any atom is -0.368 e. The topological polar surface area (TPSA) is 63.1 Å². The van der Waals surface area contributed by atoms with E-state index in [-0.39, 0.29) is 17.9 Å². The molecule has 1 aromatic carbocycles. The molecule has 0 aliphatic carbocycles. The van der Waals surface area contributed by atoms with Crippen molar-refractivity contribution >= 4 is 11.7 Å². The summed E-state index contributed by atoms with van der Waals surface area (Å²) in [4.78, 5) is 19.6. The number of carbonyl (C=O) groups excluding carboxylic acids is 1. The number of anilines is 1. The van der Waals surface area contributed by atoms with Crippen LogP contribution in [0.1, 0.15) is 41.3 Å². The van der Waals surface area contributed by atoms with Crippen LogP contribution in [0.5, 0.6) is 0 Å². The Morgan fingerprint density at radius 2 is 2.00 bits per heavy atom. The number of alkyl halides is 3. The number of hydrogen-bond donors (Lipinski definition) is 1. The third kappa shape index (κ3) is 4.93. The number of halogens is 3. The molecule has 4 rings (SSSR count). The fourth-order valence-corrected chi connectivity index (χ4v) is 4.54. The molecule has 9 heteroatoms. The molecular formula is C25H28F3N5O. The van der Waals surface area contributed by atoms with Crippen LogP contribution >= 0.6 is 0 Å². The molecule has 1 N–H and O–H groups in total. The molecule has 0 saturated carbocycles. The molecule has 1 unspecified atom stereocenters. The molecule has 2 atom stereocenters. The van der Waals surface area contributed by atoms with Crippen LogP contribution in [0.2, 0.25) is 0 Å². The third-order valence-electron chi connectivity index (χ3n) is 6.46. The van der Waals surface area contributed by atoms with Gasteiger partial charge in [-0.25, -0.2) is 4.98 Å². The standard InChI is InChI=1S/C25H28F3N5O/c1-16-6-8-19(21-10-11-31-32(21)3)20(13-16)24(34)33-12-4-5-17(2)22(33)15-30-23-9-7-18(14-29-23)25(26,27)28/h6-11,13-14,17,22H,4-5,12,15H2,1-3H3,(H,29,30)/t17-,22?/m1/s1. The average molecular weight is 472 g/mol. The first-order valence-electron chi connectivity index (χ1n) is 11.3. The fourth-order valence-electron chi connectivity index (χ4n) is 4.54. The van der Waals surface area contributed by atoms with E-state index >= 15 is 0 Å². The molecular weight excluding hydrogens is 443 g/mol. The minimum absolute atomic E-state index is 0.0568. The van der Waals surface area contributed by atoms with Crippen molar-refractivity contribution in [3.05, 3.63) is 65.5 Å². The lowest BCUT2D eigenvalue weighted by Crippen LogP contribution is -2.51. The summed E-state index contributed by atoms with van der Waals surface area (Å²) in [6.45, 7) is 5.08. The van der Waals surface area contributed by atoms with Gasteiger partial charge in [0.1, 0.15) is 5.82 Å². The van der Waals surface area contributed by atoms with E-state index in [4.69, 9.17) is 0 Å². The molecule has 0 radical (unpaired) electrons. The summed E-state index contributed by atoms with van der Waals surface area (Å²) in [6.07, 6.45) is -0.0293. The molecule has 1 aliphatic rings. The SMILES string of the molecule is Cc1ccc(-c2ccnn2C)c(C(=O)N2CCC[C@@H](C)C2CNc2ccc(C(F)(F)F)cn2)c1. The first kappa shape index (κ1) is 23.8. The molecule has 1 saturated heterocycles. The molecule has 0 spiro atoms. The quantitative estimate of drug-likeness (QED) is 0.558. The maximum atomic E-state index is 13.8. The number of pyridine rings is 1. The van der Waals surface area contributed by atoms with E-state index in [0.717, 1.165) is 41.9 Å². The van der Waals surface area contributed by atoms with E-state index < -0.39 is 11.7 Å². The molecule has 2 aromatic heterocycles. The van der Waals surface area contributed by atoms with Crippen LogP contribution in [0.4, 0.5) is 19.0 Å². The predicted octanol–water partition coefficient (Wildman–Crippen LogP) is 5.16. The fraction of sp³-hybridized carbons (Fsp3) is 0.400. The lowest BCUT2D eigenvalue weighted by atomic mass is 9.89. The van der Waals surface area contributed by atoms with Crippen LogP contribution in [0.25, 0.3) is 11.3 Å². The highest BCUT2D eigenvalue weighted by atomic mass is 19.4.